The molecule has 1 fully saturated rings. The van der Waals surface area contributed by atoms with Crippen LogP contribution in [0.2, 0.25) is 0 Å². The molecule has 0 saturated carbocycles. The van der Waals surface area contributed by atoms with Crippen LogP contribution in [0.3, 0.4) is 0 Å². The largest absolute Gasteiger partial charge is 0.478 e. The Kier molecular flexibility index (Phi) is 2.63. The summed E-state index contributed by atoms with van der Waals surface area (Å²) in [6.07, 6.45) is -0.267. The summed E-state index contributed by atoms with van der Waals surface area (Å²) < 4.78 is 13.5. The third kappa shape index (κ3) is 2.01. The number of carboxylic acid groups (broad SMARTS) is 1. The zero-order valence-electron chi connectivity index (χ0n) is 8.64. The van der Waals surface area contributed by atoms with E-state index in [-0.39, 0.29) is 30.0 Å². The summed E-state index contributed by atoms with van der Waals surface area (Å²) in [5, 5.41) is 8.77. The maximum absolute atomic E-state index is 13.5. The molecular weight excluding hydrogens is 229 g/mol. The molecule has 17 heavy (non-hydrogen) atoms. The standard InChI is InChI=1S/C11H8FNO4/c12-8-2-1-6(11(16)17)3-9(8)13-5-7(14)4-10(13)15/h1-3H,4-5H2,(H,16,17). The van der Waals surface area contributed by atoms with E-state index in [1.807, 2.05) is 0 Å². The van der Waals surface area contributed by atoms with Gasteiger partial charge in [0, 0.05) is 0 Å². The predicted molar refractivity (Wildman–Crippen MR) is 55.3 cm³/mol. The molecule has 0 aromatic heterocycles. The van der Waals surface area contributed by atoms with Crippen molar-refractivity contribution in [1.82, 2.24) is 0 Å². The minimum Gasteiger partial charge on any atom is -0.478 e. The fraction of sp³-hybridized carbons (Fsp3) is 0.182. The van der Waals surface area contributed by atoms with E-state index >= 15 is 0 Å². The van der Waals surface area contributed by atoms with Gasteiger partial charge in [0.2, 0.25) is 5.91 Å². The fourth-order valence-electron chi connectivity index (χ4n) is 1.66. The number of hydrogen-bond acceptors (Lipinski definition) is 3. The third-order valence-corrected chi connectivity index (χ3v) is 2.47. The first kappa shape index (κ1) is 11.3. The van der Waals surface area contributed by atoms with Crippen LogP contribution in [-0.2, 0) is 9.59 Å². The van der Waals surface area contributed by atoms with Crippen molar-refractivity contribution < 1.29 is 23.9 Å². The third-order valence-electron chi connectivity index (χ3n) is 2.47. The van der Waals surface area contributed by atoms with Crippen molar-refractivity contribution in [3.63, 3.8) is 0 Å². The number of nitrogens with zero attached hydrogens (tertiary/aromatic N) is 1. The number of anilines is 1. The highest BCUT2D eigenvalue weighted by Crippen LogP contribution is 2.24. The number of carboxylic acids is 1. The lowest BCUT2D eigenvalue weighted by molar-refractivity contribution is -0.121. The van der Waals surface area contributed by atoms with Crippen LogP contribution in [0.15, 0.2) is 18.2 Å². The van der Waals surface area contributed by atoms with E-state index in [1.54, 1.807) is 0 Å². The number of benzene rings is 1. The topological polar surface area (TPSA) is 74.7 Å². The number of halogens is 1. The van der Waals surface area contributed by atoms with Crippen LogP contribution < -0.4 is 4.90 Å². The first-order valence-corrected chi connectivity index (χ1v) is 4.84. The molecule has 1 N–H and O–H groups in total. The minimum absolute atomic E-state index is 0.131. The number of carbonyl (C=O) groups is 3. The van der Waals surface area contributed by atoms with Crippen LogP contribution in [0, 0.1) is 5.82 Å². The van der Waals surface area contributed by atoms with E-state index in [9.17, 15) is 18.8 Å². The molecule has 0 bridgehead atoms. The Morgan fingerprint density at radius 2 is 2.06 bits per heavy atom. The van der Waals surface area contributed by atoms with E-state index in [0.29, 0.717) is 0 Å². The summed E-state index contributed by atoms with van der Waals surface area (Å²) >= 11 is 0. The van der Waals surface area contributed by atoms with Crippen LogP contribution in [0.1, 0.15) is 16.8 Å². The highest BCUT2D eigenvalue weighted by molar-refractivity contribution is 6.15. The molecule has 1 saturated heterocycles. The molecular formula is C11H8FNO4. The van der Waals surface area contributed by atoms with Gasteiger partial charge in [-0.05, 0) is 18.2 Å². The van der Waals surface area contributed by atoms with Gasteiger partial charge in [-0.3, -0.25) is 9.59 Å². The molecule has 1 aliphatic rings. The molecule has 1 amide bonds. The van der Waals surface area contributed by atoms with Gasteiger partial charge in [0.05, 0.1) is 24.2 Å². The predicted octanol–water partition coefficient (Wildman–Crippen LogP) is 0.830. The quantitative estimate of drug-likeness (QED) is 0.773. The highest BCUT2D eigenvalue weighted by Gasteiger charge is 2.30. The zero-order chi connectivity index (χ0) is 12.6. The first-order chi connectivity index (χ1) is 7.99. The molecule has 1 heterocycles. The van der Waals surface area contributed by atoms with Crippen LogP contribution in [0.5, 0.6) is 0 Å². The average molecular weight is 237 g/mol. The summed E-state index contributed by atoms with van der Waals surface area (Å²) in [7, 11) is 0. The average Bonchev–Trinajstić information content (AvgIpc) is 2.58. The molecule has 1 aromatic carbocycles. The van der Waals surface area contributed by atoms with Crippen LogP contribution in [0.4, 0.5) is 10.1 Å². The summed E-state index contributed by atoms with van der Waals surface area (Å²) in [5.41, 5.74) is -0.297. The second kappa shape index (κ2) is 3.97. The van der Waals surface area contributed by atoms with Gasteiger partial charge < -0.3 is 10.0 Å². The summed E-state index contributed by atoms with van der Waals surface area (Å²) in [5.74, 6) is -2.77. The molecule has 0 unspecified atom stereocenters. The van der Waals surface area contributed by atoms with Crippen molar-refractivity contribution >= 4 is 23.3 Å². The first-order valence-electron chi connectivity index (χ1n) is 4.84. The molecule has 1 aliphatic heterocycles. The van der Waals surface area contributed by atoms with E-state index in [4.69, 9.17) is 5.11 Å². The summed E-state index contributed by atoms with van der Waals surface area (Å²) in [6.45, 7) is -0.209. The van der Waals surface area contributed by atoms with E-state index in [1.165, 1.54) is 0 Å². The number of amides is 1. The summed E-state index contributed by atoms with van der Waals surface area (Å²) in [6, 6.07) is 3.12. The van der Waals surface area contributed by atoms with Crippen LogP contribution in [-0.4, -0.2) is 29.3 Å². The van der Waals surface area contributed by atoms with Crippen molar-refractivity contribution in [1.29, 1.82) is 0 Å². The van der Waals surface area contributed by atoms with Gasteiger partial charge in [0.1, 0.15) is 5.82 Å². The van der Waals surface area contributed by atoms with E-state index in [2.05, 4.69) is 0 Å². The van der Waals surface area contributed by atoms with Gasteiger partial charge in [-0.25, -0.2) is 9.18 Å². The minimum atomic E-state index is -1.22. The molecule has 0 radical (unpaired) electrons. The van der Waals surface area contributed by atoms with Gasteiger partial charge in [-0.15, -0.1) is 0 Å². The van der Waals surface area contributed by atoms with Crippen molar-refractivity contribution in [2.24, 2.45) is 0 Å². The van der Waals surface area contributed by atoms with Crippen molar-refractivity contribution in [3.8, 4) is 0 Å². The number of aromatic carboxylic acids is 1. The molecule has 2 rings (SSSR count). The Bertz CT molecular complexity index is 526. The molecule has 0 aliphatic carbocycles. The van der Waals surface area contributed by atoms with Crippen LogP contribution >= 0.6 is 0 Å². The lowest BCUT2D eigenvalue weighted by Crippen LogP contribution is -2.25. The Hall–Kier alpha value is -2.24. The molecule has 0 atom stereocenters. The molecule has 5 nitrogen and oxygen atoms in total. The van der Waals surface area contributed by atoms with Gasteiger partial charge in [-0.1, -0.05) is 0 Å². The van der Waals surface area contributed by atoms with Crippen LogP contribution in [0.25, 0.3) is 0 Å². The van der Waals surface area contributed by atoms with Gasteiger partial charge in [-0.2, -0.15) is 0 Å². The second-order valence-corrected chi connectivity index (χ2v) is 3.67. The normalized spacial score (nSPS) is 15.5. The Balaban J connectivity index is 2.44. The maximum Gasteiger partial charge on any atom is 0.335 e. The smallest absolute Gasteiger partial charge is 0.335 e. The van der Waals surface area contributed by atoms with Gasteiger partial charge in [0.25, 0.3) is 0 Å². The number of ketones is 1. The number of rotatable bonds is 2. The number of Topliss-reactive ketones (excluding diaryl/α,β-unsaturated/α-hetero) is 1. The van der Waals surface area contributed by atoms with E-state index in [0.717, 1.165) is 23.1 Å². The highest BCUT2D eigenvalue weighted by atomic mass is 19.1. The molecule has 6 heteroatoms. The van der Waals surface area contributed by atoms with Gasteiger partial charge >= 0.3 is 5.97 Å². The number of hydrogen-bond donors (Lipinski definition) is 1. The summed E-state index contributed by atoms with van der Waals surface area (Å²) in [4.78, 5) is 34.2. The SMILES string of the molecule is O=C1CC(=O)N(c2cc(C(=O)O)ccc2F)C1. The Morgan fingerprint density at radius 1 is 1.35 bits per heavy atom. The zero-order valence-corrected chi connectivity index (χ0v) is 8.64. The van der Waals surface area contributed by atoms with Crippen molar-refractivity contribution in [3.05, 3.63) is 29.6 Å². The monoisotopic (exact) mass is 237 g/mol. The fourth-order valence-corrected chi connectivity index (χ4v) is 1.66. The van der Waals surface area contributed by atoms with Gasteiger partial charge in [0.15, 0.2) is 5.78 Å². The lowest BCUT2D eigenvalue weighted by Gasteiger charge is -2.15. The Labute approximate surface area is 95.5 Å². The van der Waals surface area contributed by atoms with Crippen molar-refractivity contribution in [2.75, 3.05) is 11.4 Å². The molecule has 0 spiro atoms. The Morgan fingerprint density at radius 3 is 2.59 bits per heavy atom. The van der Waals surface area contributed by atoms with Crippen molar-refractivity contribution in [2.45, 2.75) is 6.42 Å². The number of carbonyl (C=O) groups excluding carboxylic acids is 2. The molecule has 1 aromatic rings. The maximum atomic E-state index is 13.5. The second-order valence-electron chi connectivity index (χ2n) is 3.67. The molecule has 88 valence electrons. The lowest BCUT2D eigenvalue weighted by atomic mass is 10.2. The van der Waals surface area contributed by atoms with E-state index < -0.39 is 17.7 Å².